The van der Waals surface area contributed by atoms with Gasteiger partial charge in [0.05, 0.1) is 11.6 Å². The molecular formula is C15H12Br2ClNO. The highest BCUT2D eigenvalue weighted by atomic mass is 79.9. The molecule has 0 aliphatic heterocycles. The third kappa shape index (κ3) is 3.84. The zero-order chi connectivity index (χ0) is 14.7. The number of benzene rings is 2. The molecule has 0 saturated heterocycles. The van der Waals surface area contributed by atoms with Crippen molar-refractivity contribution >= 4 is 49.4 Å². The molecule has 5 heteroatoms. The van der Waals surface area contributed by atoms with Crippen LogP contribution in [0.5, 0.6) is 0 Å². The van der Waals surface area contributed by atoms with E-state index in [9.17, 15) is 4.79 Å². The Bertz CT molecular complexity index is 628. The van der Waals surface area contributed by atoms with Crippen LogP contribution in [0.2, 0.25) is 5.02 Å². The average Bonchev–Trinajstić information content (AvgIpc) is 2.39. The van der Waals surface area contributed by atoms with E-state index < -0.39 is 0 Å². The normalized spacial score (nSPS) is 12.0. The first-order valence-electron chi connectivity index (χ1n) is 5.99. The summed E-state index contributed by atoms with van der Waals surface area (Å²) in [6.07, 6.45) is 0. The molecule has 0 spiro atoms. The molecule has 2 aromatic rings. The van der Waals surface area contributed by atoms with Crippen molar-refractivity contribution in [3.63, 3.8) is 0 Å². The average molecular weight is 418 g/mol. The summed E-state index contributed by atoms with van der Waals surface area (Å²) in [7, 11) is 0. The van der Waals surface area contributed by atoms with Crippen LogP contribution in [0.1, 0.15) is 28.9 Å². The molecule has 20 heavy (non-hydrogen) atoms. The van der Waals surface area contributed by atoms with E-state index in [4.69, 9.17) is 11.6 Å². The van der Waals surface area contributed by atoms with Gasteiger partial charge in [-0.25, -0.2) is 0 Å². The standard InChI is InChI=1S/C15H12Br2ClNO/c1-9(10-2-4-11(16)5-3-10)19-15(20)13-7-6-12(18)8-14(13)17/h2-9H,1H3,(H,19,20)/t9-/m0/s1. The minimum atomic E-state index is -0.135. The number of hydrogen-bond acceptors (Lipinski definition) is 1. The Balaban J connectivity index is 2.13. The molecule has 0 radical (unpaired) electrons. The van der Waals surface area contributed by atoms with Gasteiger partial charge in [-0.2, -0.15) is 0 Å². The lowest BCUT2D eigenvalue weighted by Gasteiger charge is -2.15. The quantitative estimate of drug-likeness (QED) is 0.716. The Morgan fingerprint density at radius 3 is 2.40 bits per heavy atom. The first-order valence-corrected chi connectivity index (χ1v) is 7.95. The van der Waals surface area contributed by atoms with E-state index in [2.05, 4.69) is 37.2 Å². The fraction of sp³-hybridized carbons (Fsp3) is 0.133. The van der Waals surface area contributed by atoms with E-state index in [0.717, 1.165) is 10.0 Å². The molecule has 0 aromatic heterocycles. The number of carbonyl (C=O) groups is 1. The summed E-state index contributed by atoms with van der Waals surface area (Å²) in [6.45, 7) is 1.95. The topological polar surface area (TPSA) is 29.1 Å². The van der Waals surface area contributed by atoms with Gasteiger partial charge in [0, 0.05) is 14.0 Å². The highest BCUT2D eigenvalue weighted by Crippen LogP contribution is 2.23. The van der Waals surface area contributed by atoms with Crippen molar-refractivity contribution in [3.8, 4) is 0 Å². The van der Waals surface area contributed by atoms with E-state index >= 15 is 0 Å². The lowest BCUT2D eigenvalue weighted by Crippen LogP contribution is -2.26. The molecule has 2 rings (SSSR count). The molecule has 1 N–H and O–H groups in total. The maximum atomic E-state index is 12.2. The highest BCUT2D eigenvalue weighted by molar-refractivity contribution is 9.10. The molecular weight excluding hydrogens is 405 g/mol. The van der Waals surface area contributed by atoms with Crippen LogP contribution in [-0.2, 0) is 0 Å². The Kier molecular flexibility index (Phi) is 5.24. The molecule has 0 unspecified atom stereocenters. The fourth-order valence-corrected chi connectivity index (χ4v) is 2.91. The van der Waals surface area contributed by atoms with Gasteiger partial charge in [-0.3, -0.25) is 4.79 Å². The van der Waals surface area contributed by atoms with Crippen molar-refractivity contribution in [2.45, 2.75) is 13.0 Å². The van der Waals surface area contributed by atoms with Gasteiger partial charge >= 0.3 is 0 Å². The second kappa shape index (κ2) is 6.74. The van der Waals surface area contributed by atoms with Crippen molar-refractivity contribution in [2.24, 2.45) is 0 Å². The van der Waals surface area contributed by atoms with E-state index in [1.807, 2.05) is 31.2 Å². The van der Waals surface area contributed by atoms with Crippen LogP contribution < -0.4 is 5.32 Å². The summed E-state index contributed by atoms with van der Waals surface area (Å²) in [4.78, 5) is 12.2. The number of rotatable bonds is 3. The largest absolute Gasteiger partial charge is 0.345 e. The van der Waals surface area contributed by atoms with Gasteiger partial charge in [0.1, 0.15) is 0 Å². The molecule has 104 valence electrons. The Hall–Kier alpha value is -0.840. The predicted molar refractivity (Wildman–Crippen MR) is 89.2 cm³/mol. The SMILES string of the molecule is C[C@H](NC(=O)c1ccc(Cl)cc1Br)c1ccc(Br)cc1. The number of halogens is 3. The van der Waals surface area contributed by atoms with Crippen molar-refractivity contribution in [2.75, 3.05) is 0 Å². The van der Waals surface area contributed by atoms with Crippen molar-refractivity contribution in [1.29, 1.82) is 0 Å². The third-order valence-electron chi connectivity index (χ3n) is 2.89. The smallest absolute Gasteiger partial charge is 0.252 e. The van der Waals surface area contributed by atoms with Crippen LogP contribution in [-0.4, -0.2) is 5.91 Å². The summed E-state index contributed by atoms with van der Waals surface area (Å²) in [5.74, 6) is -0.135. The number of amides is 1. The first kappa shape index (κ1) is 15.5. The predicted octanol–water partition coefficient (Wildman–Crippen LogP) is 5.36. The molecule has 0 aliphatic carbocycles. The third-order valence-corrected chi connectivity index (χ3v) is 4.31. The zero-order valence-corrected chi connectivity index (χ0v) is 14.6. The maximum absolute atomic E-state index is 12.2. The van der Waals surface area contributed by atoms with Crippen LogP contribution in [0.25, 0.3) is 0 Å². The molecule has 1 amide bonds. The summed E-state index contributed by atoms with van der Waals surface area (Å²) in [6, 6.07) is 12.9. The second-order valence-corrected chi connectivity index (χ2v) is 6.58. The summed E-state index contributed by atoms with van der Waals surface area (Å²) >= 11 is 12.6. The summed E-state index contributed by atoms with van der Waals surface area (Å²) in [5.41, 5.74) is 1.62. The highest BCUT2D eigenvalue weighted by Gasteiger charge is 2.14. The second-order valence-electron chi connectivity index (χ2n) is 4.37. The van der Waals surface area contributed by atoms with Gasteiger partial charge in [0.25, 0.3) is 5.91 Å². The minimum Gasteiger partial charge on any atom is -0.345 e. The Morgan fingerprint density at radius 1 is 1.15 bits per heavy atom. The molecule has 0 aliphatic rings. The van der Waals surface area contributed by atoms with E-state index in [-0.39, 0.29) is 11.9 Å². The van der Waals surface area contributed by atoms with Crippen LogP contribution >= 0.6 is 43.5 Å². The van der Waals surface area contributed by atoms with Gasteiger partial charge in [0.15, 0.2) is 0 Å². The molecule has 2 aromatic carbocycles. The Labute approximate surface area is 139 Å². The zero-order valence-electron chi connectivity index (χ0n) is 10.7. The van der Waals surface area contributed by atoms with E-state index in [0.29, 0.717) is 15.1 Å². The van der Waals surface area contributed by atoms with Crippen LogP contribution in [0.3, 0.4) is 0 Å². The maximum Gasteiger partial charge on any atom is 0.252 e. The van der Waals surface area contributed by atoms with E-state index in [1.54, 1.807) is 18.2 Å². The number of hydrogen-bond donors (Lipinski definition) is 1. The fourth-order valence-electron chi connectivity index (χ4n) is 1.78. The van der Waals surface area contributed by atoms with E-state index in [1.165, 1.54) is 0 Å². The van der Waals surface area contributed by atoms with Gasteiger partial charge in [-0.1, -0.05) is 39.7 Å². The first-order chi connectivity index (χ1) is 9.47. The van der Waals surface area contributed by atoms with Crippen molar-refractivity contribution < 1.29 is 4.79 Å². The molecule has 0 fully saturated rings. The minimum absolute atomic E-state index is 0.0711. The van der Waals surface area contributed by atoms with Gasteiger partial charge in [-0.05, 0) is 58.7 Å². The van der Waals surface area contributed by atoms with Gasteiger partial charge in [-0.15, -0.1) is 0 Å². The van der Waals surface area contributed by atoms with Crippen molar-refractivity contribution in [3.05, 3.63) is 67.6 Å². The van der Waals surface area contributed by atoms with Crippen LogP contribution in [0.4, 0.5) is 0 Å². The number of carbonyl (C=O) groups excluding carboxylic acids is 1. The lowest BCUT2D eigenvalue weighted by atomic mass is 10.1. The summed E-state index contributed by atoms with van der Waals surface area (Å²) < 4.78 is 1.70. The monoisotopic (exact) mass is 415 g/mol. The molecule has 0 saturated carbocycles. The molecule has 0 bridgehead atoms. The number of nitrogens with one attached hydrogen (secondary N) is 1. The molecule has 0 heterocycles. The lowest BCUT2D eigenvalue weighted by molar-refractivity contribution is 0.0939. The molecule has 1 atom stereocenters. The van der Waals surface area contributed by atoms with Gasteiger partial charge in [0.2, 0.25) is 0 Å². The summed E-state index contributed by atoms with van der Waals surface area (Å²) in [5, 5.41) is 3.56. The van der Waals surface area contributed by atoms with Crippen LogP contribution in [0.15, 0.2) is 51.4 Å². The molecule has 2 nitrogen and oxygen atoms in total. The Morgan fingerprint density at radius 2 is 1.80 bits per heavy atom. The van der Waals surface area contributed by atoms with Crippen molar-refractivity contribution in [1.82, 2.24) is 5.32 Å². The van der Waals surface area contributed by atoms with Gasteiger partial charge < -0.3 is 5.32 Å². The van der Waals surface area contributed by atoms with Crippen LogP contribution in [0, 0.1) is 0 Å².